The Hall–Kier alpha value is -2.53. The molecule has 3 N–H and O–H groups in total. The van der Waals surface area contributed by atoms with Crippen LogP contribution in [0.5, 0.6) is 0 Å². The minimum Gasteiger partial charge on any atom is -0.385 e. The van der Waals surface area contributed by atoms with Gasteiger partial charge < -0.3 is 20.9 Å². The molecule has 0 unspecified atom stereocenters. The molecule has 23 heavy (non-hydrogen) atoms. The lowest BCUT2D eigenvalue weighted by molar-refractivity contribution is 0.262. The first-order valence-corrected chi connectivity index (χ1v) is 7.75. The normalized spacial score (nSPS) is 10.4. The quantitative estimate of drug-likeness (QED) is 0.683. The molecule has 0 atom stereocenters. The molecule has 2 aromatic rings. The third-order valence-corrected chi connectivity index (χ3v) is 3.29. The van der Waals surface area contributed by atoms with Crippen LogP contribution in [0.2, 0.25) is 0 Å². The lowest BCUT2D eigenvalue weighted by atomic mass is 10.2. The molecular weight excluding hydrogens is 288 g/mol. The van der Waals surface area contributed by atoms with Gasteiger partial charge in [-0.15, -0.1) is 0 Å². The summed E-state index contributed by atoms with van der Waals surface area (Å²) in [5.41, 5.74) is 2.58. The molecule has 5 nitrogen and oxygen atoms in total. The standard InChI is InChI=1S/C18H24N4O/c1-22(2)14-6-13-19-15-9-11-17(12-10-15)21-18(23)20-16-7-4-3-5-8-16/h3-5,7-12,19H,6,13-14H2,1-2H3,(H2,20,21,23). The van der Waals surface area contributed by atoms with E-state index in [9.17, 15) is 4.79 Å². The largest absolute Gasteiger partial charge is 0.385 e. The highest BCUT2D eigenvalue weighted by Gasteiger charge is 2.02. The molecule has 2 amide bonds. The number of nitrogens with one attached hydrogen (secondary N) is 3. The SMILES string of the molecule is CN(C)CCCNc1ccc(NC(=O)Nc2ccccc2)cc1. The summed E-state index contributed by atoms with van der Waals surface area (Å²) in [6.07, 6.45) is 1.09. The van der Waals surface area contributed by atoms with Crippen LogP contribution in [-0.2, 0) is 0 Å². The Morgan fingerprint density at radius 2 is 1.43 bits per heavy atom. The molecular formula is C18H24N4O. The highest BCUT2D eigenvalue weighted by molar-refractivity contribution is 5.99. The number of urea groups is 1. The second-order valence-electron chi connectivity index (χ2n) is 5.61. The first-order chi connectivity index (χ1) is 11.1. The van der Waals surface area contributed by atoms with Crippen LogP contribution in [0.25, 0.3) is 0 Å². The predicted octanol–water partition coefficient (Wildman–Crippen LogP) is 3.69. The van der Waals surface area contributed by atoms with Crippen molar-refractivity contribution in [2.75, 3.05) is 43.1 Å². The highest BCUT2D eigenvalue weighted by atomic mass is 16.2. The van der Waals surface area contributed by atoms with E-state index < -0.39 is 0 Å². The minimum atomic E-state index is -0.247. The van der Waals surface area contributed by atoms with Gasteiger partial charge in [-0.05, 0) is 63.5 Å². The number of hydrogen-bond acceptors (Lipinski definition) is 3. The molecule has 2 aromatic carbocycles. The van der Waals surface area contributed by atoms with Gasteiger partial charge in [-0.25, -0.2) is 4.79 Å². The maximum Gasteiger partial charge on any atom is 0.323 e. The second-order valence-corrected chi connectivity index (χ2v) is 5.61. The number of para-hydroxylation sites is 1. The first kappa shape index (κ1) is 16.8. The Balaban J connectivity index is 1.77. The van der Waals surface area contributed by atoms with E-state index in [1.54, 1.807) is 0 Å². The number of nitrogens with zero attached hydrogens (tertiary/aromatic N) is 1. The van der Waals surface area contributed by atoms with Crippen LogP contribution in [-0.4, -0.2) is 38.1 Å². The molecule has 0 bridgehead atoms. The van der Waals surface area contributed by atoms with E-state index in [0.29, 0.717) is 0 Å². The average molecular weight is 312 g/mol. The third kappa shape index (κ3) is 6.40. The van der Waals surface area contributed by atoms with Gasteiger partial charge >= 0.3 is 6.03 Å². The van der Waals surface area contributed by atoms with Crippen molar-refractivity contribution in [1.82, 2.24) is 4.90 Å². The summed E-state index contributed by atoms with van der Waals surface area (Å²) in [4.78, 5) is 14.1. The van der Waals surface area contributed by atoms with Gasteiger partial charge in [0.15, 0.2) is 0 Å². The number of benzene rings is 2. The van der Waals surface area contributed by atoms with E-state index in [1.807, 2.05) is 54.6 Å². The van der Waals surface area contributed by atoms with Gasteiger partial charge in [-0.3, -0.25) is 0 Å². The van der Waals surface area contributed by atoms with E-state index >= 15 is 0 Å². The third-order valence-electron chi connectivity index (χ3n) is 3.29. The summed E-state index contributed by atoms with van der Waals surface area (Å²) in [7, 11) is 4.14. The van der Waals surface area contributed by atoms with Gasteiger partial charge in [0.1, 0.15) is 0 Å². The molecule has 0 saturated heterocycles. The molecule has 0 radical (unpaired) electrons. The van der Waals surface area contributed by atoms with Crippen LogP contribution in [0.4, 0.5) is 21.9 Å². The fraction of sp³-hybridized carbons (Fsp3) is 0.278. The van der Waals surface area contributed by atoms with Gasteiger partial charge in [-0.2, -0.15) is 0 Å². The van der Waals surface area contributed by atoms with Crippen molar-refractivity contribution in [2.24, 2.45) is 0 Å². The second kappa shape index (κ2) is 8.80. The van der Waals surface area contributed by atoms with Crippen LogP contribution >= 0.6 is 0 Å². The fourth-order valence-corrected chi connectivity index (χ4v) is 2.11. The van der Waals surface area contributed by atoms with E-state index in [-0.39, 0.29) is 6.03 Å². The number of anilines is 3. The zero-order chi connectivity index (χ0) is 16.5. The maximum atomic E-state index is 11.9. The molecule has 0 aliphatic heterocycles. The molecule has 2 rings (SSSR count). The number of amides is 2. The first-order valence-electron chi connectivity index (χ1n) is 7.75. The van der Waals surface area contributed by atoms with Gasteiger partial charge in [-0.1, -0.05) is 18.2 Å². The topological polar surface area (TPSA) is 56.4 Å². The Morgan fingerprint density at radius 3 is 2.04 bits per heavy atom. The summed E-state index contributed by atoms with van der Waals surface area (Å²) in [5.74, 6) is 0. The summed E-state index contributed by atoms with van der Waals surface area (Å²) >= 11 is 0. The Kier molecular flexibility index (Phi) is 6.44. The number of rotatable bonds is 7. The van der Waals surface area contributed by atoms with Gasteiger partial charge in [0.2, 0.25) is 0 Å². The van der Waals surface area contributed by atoms with Crippen LogP contribution in [0.3, 0.4) is 0 Å². The Labute approximate surface area is 137 Å². The van der Waals surface area contributed by atoms with E-state index in [2.05, 4.69) is 34.9 Å². The van der Waals surface area contributed by atoms with Crippen molar-refractivity contribution in [3.8, 4) is 0 Å². The molecule has 0 aliphatic rings. The number of carbonyl (C=O) groups is 1. The average Bonchev–Trinajstić information content (AvgIpc) is 2.54. The maximum absolute atomic E-state index is 11.9. The smallest absolute Gasteiger partial charge is 0.323 e. The number of carbonyl (C=O) groups excluding carboxylic acids is 1. The van der Waals surface area contributed by atoms with Crippen molar-refractivity contribution >= 4 is 23.1 Å². The van der Waals surface area contributed by atoms with Crippen LogP contribution in [0.15, 0.2) is 54.6 Å². The predicted molar refractivity (Wildman–Crippen MR) is 97.2 cm³/mol. The Bertz CT molecular complexity index is 596. The summed E-state index contributed by atoms with van der Waals surface area (Å²) < 4.78 is 0. The fourth-order valence-electron chi connectivity index (χ4n) is 2.11. The summed E-state index contributed by atoms with van der Waals surface area (Å²) in [6, 6.07) is 16.8. The van der Waals surface area contributed by atoms with Gasteiger partial charge in [0.25, 0.3) is 0 Å². The highest BCUT2D eigenvalue weighted by Crippen LogP contribution is 2.14. The monoisotopic (exact) mass is 312 g/mol. The molecule has 5 heteroatoms. The molecule has 0 aromatic heterocycles. The van der Waals surface area contributed by atoms with E-state index in [1.165, 1.54) is 0 Å². The van der Waals surface area contributed by atoms with Gasteiger partial charge in [0.05, 0.1) is 0 Å². The molecule has 0 heterocycles. The van der Waals surface area contributed by atoms with Crippen molar-refractivity contribution in [3.63, 3.8) is 0 Å². The Morgan fingerprint density at radius 1 is 0.870 bits per heavy atom. The van der Waals surface area contributed by atoms with Crippen LogP contribution in [0, 0.1) is 0 Å². The van der Waals surface area contributed by atoms with E-state index in [4.69, 9.17) is 0 Å². The molecule has 0 aliphatic carbocycles. The zero-order valence-corrected chi connectivity index (χ0v) is 13.7. The molecule has 0 saturated carbocycles. The lowest BCUT2D eigenvalue weighted by Crippen LogP contribution is -2.19. The van der Waals surface area contributed by atoms with Crippen molar-refractivity contribution in [1.29, 1.82) is 0 Å². The lowest BCUT2D eigenvalue weighted by Gasteiger charge is -2.11. The van der Waals surface area contributed by atoms with Crippen molar-refractivity contribution in [2.45, 2.75) is 6.42 Å². The van der Waals surface area contributed by atoms with Crippen molar-refractivity contribution < 1.29 is 4.79 Å². The molecule has 0 fully saturated rings. The zero-order valence-electron chi connectivity index (χ0n) is 13.7. The van der Waals surface area contributed by atoms with Gasteiger partial charge in [0, 0.05) is 23.6 Å². The summed E-state index contributed by atoms with van der Waals surface area (Å²) in [6.45, 7) is 1.99. The van der Waals surface area contributed by atoms with Crippen LogP contribution in [0.1, 0.15) is 6.42 Å². The minimum absolute atomic E-state index is 0.247. The number of hydrogen-bond donors (Lipinski definition) is 3. The van der Waals surface area contributed by atoms with E-state index in [0.717, 1.165) is 36.6 Å². The molecule has 0 spiro atoms. The van der Waals surface area contributed by atoms with Crippen molar-refractivity contribution in [3.05, 3.63) is 54.6 Å². The molecule has 122 valence electrons. The van der Waals surface area contributed by atoms with Crippen LogP contribution < -0.4 is 16.0 Å². The summed E-state index contributed by atoms with van der Waals surface area (Å²) in [5, 5.41) is 8.97.